The summed E-state index contributed by atoms with van der Waals surface area (Å²) in [5, 5.41) is 11.3. The van der Waals surface area contributed by atoms with E-state index in [0.717, 1.165) is 78.0 Å². The van der Waals surface area contributed by atoms with Crippen molar-refractivity contribution in [3.05, 3.63) is 215 Å². The normalized spacial score (nSPS) is 13.5. The van der Waals surface area contributed by atoms with Crippen LogP contribution < -0.4 is 33.2 Å². The van der Waals surface area contributed by atoms with E-state index in [2.05, 4.69) is 215 Å². The largest absolute Gasteiger partial charge is 0.329 e. The molecule has 6 rings (SSSR count). The quantitative estimate of drug-likeness (QED) is 0.0274. The van der Waals surface area contributed by atoms with Crippen molar-refractivity contribution < 1.29 is 0 Å². The molecule has 65 heavy (non-hydrogen) atoms. The highest BCUT2D eigenvalue weighted by Gasteiger charge is 2.57. The molecular formula is C57H76N8. The molecule has 6 aromatic rings. The van der Waals surface area contributed by atoms with E-state index in [4.69, 9.17) is 17.2 Å². The molecule has 0 aromatic heterocycles. The Bertz CT molecular complexity index is 2010. The van der Waals surface area contributed by atoms with Crippen LogP contribution in [0.3, 0.4) is 0 Å². The van der Waals surface area contributed by atoms with Crippen LogP contribution in [0.2, 0.25) is 0 Å². The average Bonchev–Trinajstić information content (AvgIpc) is 3.34. The monoisotopic (exact) mass is 873 g/mol. The van der Waals surface area contributed by atoms with Gasteiger partial charge in [-0.1, -0.05) is 182 Å². The molecular weight excluding hydrogens is 797 g/mol. The highest BCUT2D eigenvalue weighted by molar-refractivity contribution is 5.35. The van der Waals surface area contributed by atoms with Gasteiger partial charge in [-0.25, -0.2) is 0 Å². The highest BCUT2D eigenvalue weighted by atomic mass is 15.3. The van der Waals surface area contributed by atoms with E-state index < -0.39 is 11.1 Å². The molecule has 0 aliphatic heterocycles. The van der Waals surface area contributed by atoms with Crippen LogP contribution in [-0.4, -0.2) is 91.4 Å². The molecule has 0 saturated carbocycles. The zero-order chi connectivity index (χ0) is 45.6. The van der Waals surface area contributed by atoms with Gasteiger partial charge in [0.2, 0.25) is 0 Å². The maximum absolute atomic E-state index is 6.90. The molecule has 0 aliphatic carbocycles. The Morgan fingerprint density at radius 1 is 0.462 bits per heavy atom. The molecule has 0 amide bonds. The fourth-order valence-corrected chi connectivity index (χ4v) is 9.73. The SMILES string of the molecule is CC(N)CNC(C)CNC(CN)CN(CCNCCN)C(Cc1ccccc1)(Cc1ccccc1)C(Cc1ccccc1)(Cc1ccccc1)N(Cc1ccccc1)Cc1ccccc1. The van der Waals surface area contributed by atoms with Crippen LogP contribution in [0, 0.1) is 0 Å². The Balaban J connectivity index is 1.70. The topological polar surface area (TPSA) is 121 Å². The molecule has 6 aromatic carbocycles. The Hall–Kier alpha value is -5.00. The first-order chi connectivity index (χ1) is 31.8. The molecule has 0 saturated heterocycles. The lowest BCUT2D eigenvalue weighted by Crippen LogP contribution is -2.76. The van der Waals surface area contributed by atoms with E-state index in [-0.39, 0.29) is 18.1 Å². The Morgan fingerprint density at radius 2 is 0.831 bits per heavy atom. The molecule has 0 bridgehead atoms. The molecule has 0 aliphatic rings. The number of hydrogen-bond donors (Lipinski definition) is 6. The zero-order valence-corrected chi connectivity index (χ0v) is 39.1. The van der Waals surface area contributed by atoms with Crippen LogP contribution in [0.5, 0.6) is 0 Å². The standard InChI is InChI=1S/C57H76N8/c1-47(60)42-62-48(2)43-63-55(41-59)46-64(36-35-61-34-33-58)56(37-49-21-9-3-10-22-49,38-50-23-11-4-12-24-50)57(39-51-25-13-5-14-26-51,40-52-27-15-6-16-28-52)65(44-53-29-17-7-18-30-53)45-54-31-19-8-20-32-54/h3-32,47-48,55,61-63H,33-46,58-60H2,1-2H3. The zero-order valence-electron chi connectivity index (χ0n) is 39.1. The first-order valence-corrected chi connectivity index (χ1v) is 23.9. The summed E-state index contributed by atoms with van der Waals surface area (Å²) < 4.78 is 0. The van der Waals surface area contributed by atoms with Crippen LogP contribution in [0.15, 0.2) is 182 Å². The first-order valence-electron chi connectivity index (χ1n) is 23.9. The number of nitrogens with one attached hydrogen (secondary N) is 3. The van der Waals surface area contributed by atoms with Gasteiger partial charge in [0.05, 0.1) is 0 Å². The van der Waals surface area contributed by atoms with Crippen molar-refractivity contribution >= 4 is 0 Å². The molecule has 3 atom stereocenters. The van der Waals surface area contributed by atoms with Gasteiger partial charge in [-0.2, -0.15) is 0 Å². The van der Waals surface area contributed by atoms with Gasteiger partial charge in [0, 0.05) is 94.7 Å². The molecule has 3 unspecified atom stereocenters. The Morgan fingerprint density at radius 3 is 1.18 bits per heavy atom. The van der Waals surface area contributed by atoms with E-state index in [1.54, 1.807) is 0 Å². The average molecular weight is 873 g/mol. The van der Waals surface area contributed by atoms with E-state index in [0.29, 0.717) is 13.1 Å². The van der Waals surface area contributed by atoms with Gasteiger partial charge in [-0.05, 0) is 72.9 Å². The second kappa shape index (κ2) is 26.2. The highest BCUT2D eigenvalue weighted by Crippen LogP contribution is 2.46. The summed E-state index contributed by atoms with van der Waals surface area (Å²) in [5.74, 6) is 0. The van der Waals surface area contributed by atoms with Gasteiger partial charge in [0.1, 0.15) is 0 Å². The van der Waals surface area contributed by atoms with Crippen LogP contribution in [0.25, 0.3) is 0 Å². The van der Waals surface area contributed by atoms with Crippen molar-refractivity contribution in [3.8, 4) is 0 Å². The molecule has 0 heterocycles. The van der Waals surface area contributed by atoms with Crippen LogP contribution in [0.1, 0.15) is 47.2 Å². The number of hydrogen-bond acceptors (Lipinski definition) is 8. The molecule has 0 radical (unpaired) electrons. The van der Waals surface area contributed by atoms with E-state index in [9.17, 15) is 0 Å². The van der Waals surface area contributed by atoms with Crippen molar-refractivity contribution in [3.63, 3.8) is 0 Å². The number of benzene rings is 6. The molecule has 9 N–H and O–H groups in total. The fraction of sp³-hybridized carbons (Fsp3) is 0.368. The third-order valence-electron chi connectivity index (χ3n) is 13.0. The molecule has 8 heteroatoms. The minimum absolute atomic E-state index is 0.00201. The summed E-state index contributed by atoms with van der Waals surface area (Å²) >= 11 is 0. The maximum Gasteiger partial charge on any atom is 0.0487 e. The van der Waals surface area contributed by atoms with Crippen LogP contribution in [-0.2, 0) is 38.8 Å². The number of nitrogens with zero attached hydrogens (tertiary/aromatic N) is 2. The molecule has 344 valence electrons. The summed E-state index contributed by atoms with van der Waals surface area (Å²) in [7, 11) is 0. The van der Waals surface area contributed by atoms with Gasteiger partial charge >= 0.3 is 0 Å². The summed E-state index contributed by atoms with van der Waals surface area (Å²) in [6.45, 7) is 11.4. The van der Waals surface area contributed by atoms with Crippen LogP contribution >= 0.6 is 0 Å². The van der Waals surface area contributed by atoms with E-state index in [1.165, 1.54) is 33.4 Å². The molecule has 0 spiro atoms. The lowest BCUT2D eigenvalue weighted by Gasteiger charge is -2.62. The third kappa shape index (κ3) is 14.8. The van der Waals surface area contributed by atoms with Gasteiger partial charge in [0.15, 0.2) is 0 Å². The second-order valence-corrected chi connectivity index (χ2v) is 18.2. The van der Waals surface area contributed by atoms with E-state index in [1.807, 2.05) is 6.92 Å². The smallest absolute Gasteiger partial charge is 0.0487 e. The second-order valence-electron chi connectivity index (χ2n) is 18.2. The first kappa shape index (κ1) is 49.4. The summed E-state index contributed by atoms with van der Waals surface area (Å²) in [6.07, 6.45) is 3.19. The summed E-state index contributed by atoms with van der Waals surface area (Å²) in [4.78, 5) is 5.73. The maximum atomic E-state index is 6.90. The molecule has 8 nitrogen and oxygen atoms in total. The van der Waals surface area contributed by atoms with Crippen molar-refractivity contribution in [2.75, 3.05) is 52.4 Å². The molecule has 0 fully saturated rings. The minimum Gasteiger partial charge on any atom is -0.329 e. The van der Waals surface area contributed by atoms with Crippen molar-refractivity contribution in [1.82, 2.24) is 25.8 Å². The van der Waals surface area contributed by atoms with Crippen molar-refractivity contribution in [2.45, 2.75) is 81.8 Å². The number of rotatable bonds is 29. The van der Waals surface area contributed by atoms with Gasteiger partial charge in [0.25, 0.3) is 0 Å². The lowest BCUT2D eigenvalue weighted by atomic mass is 9.61. The third-order valence-corrected chi connectivity index (χ3v) is 13.0. The minimum atomic E-state index is -0.552. The Kier molecular flexibility index (Phi) is 19.9. The van der Waals surface area contributed by atoms with Gasteiger partial charge < -0.3 is 33.2 Å². The van der Waals surface area contributed by atoms with Crippen molar-refractivity contribution in [2.24, 2.45) is 17.2 Å². The van der Waals surface area contributed by atoms with Crippen molar-refractivity contribution in [1.29, 1.82) is 0 Å². The fourth-order valence-electron chi connectivity index (χ4n) is 9.73. The predicted molar refractivity (Wildman–Crippen MR) is 274 cm³/mol. The van der Waals surface area contributed by atoms with E-state index >= 15 is 0 Å². The summed E-state index contributed by atoms with van der Waals surface area (Å²) in [6, 6.07) is 67.4. The Labute approximate surface area is 391 Å². The predicted octanol–water partition coefficient (Wildman–Crippen LogP) is 7.23. The number of nitrogens with two attached hydrogens (primary N) is 3. The van der Waals surface area contributed by atoms with Gasteiger partial charge in [-0.15, -0.1) is 0 Å². The lowest BCUT2D eigenvalue weighted by molar-refractivity contribution is -0.0898. The van der Waals surface area contributed by atoms with Gasteiger partial charge in [-0.3, -0.25) is 9.80 Å². The summed E-state index contributed by atoms with van der Waals surface area (Å²) in [5.41, 5.74) is 25.9. The van der Waals surface area contributed by atoms with Crippen LogP contribution in [0.4, 0.5) is 0 Å².